The highest BCUT2D eigenvalue weighted by Gasteiger charge is 2.64. The molecule has 132 valence electrons. The summed E-state index contributed by atoms with van der Waals surface area (Å²) >= 11 is 0. The van der Waals surface area contributed by atoms with Crippen LogP contribution in [-0.2, 0) is 0 Å². The molecule has 4 aliphatic rings. The zero-order valence-corrected chi connectivity index (χ0v) is 15.0. The lowest BCUT2D eigenvalue weighted by Crippen LogP contribution is -2.60. The maximum atomic E-state index is 10.9. The molecule has 0 aliphatic heterocycles. The lowest BCUT2D eigenvalue weighted by molar-refractivity contribution is -0.191. The summed E-state index contributed by atoms with van der Waals surface area (Å²) in [5.74, 6) is 2.28. The highest BCUT2D eigenvalue weighted by atomic mass is 16.3. The quantitative estimate of drug-likeness (QED) is 0.642. The average molecular weight is 322 g/mol. The third-order valence-corrected chi connectivity index (χ3v) is 9.30. The third-order valence-electron chi connectivity index (χ3n) is 9.30. The van der Waals surface area contributed by atoms with Gasteiger partial charge in [-0.2, -0.15) is 0 Å². The lowest BCUT2D eigenvalue weighted by atomic mass is 9.44. The van der Waals surface area contributed by atoms with E-state index in [0.717, 1.165) is 38.5 Å². The highest BCUT2D eigenvalue weighted by molar-refractivity contribution is 5.14. The zero-order chi connectivity index (χ0) is 16.6. The van der Waals surface area contributed by atoms with Crippen molar-refractivity contribution in [2.75, 3.05) is 0 Å². The molecule has 0 spiro atoms. The van der Waals surface area contributed by atoms with Crippen LogP contribution in [0.25, 0.3) is 0 Å². The normalized spacial score (nSPS) is 62.3. The predicted octanol–water partition coefficient (Wildman–Crippen LogP) is 3.11. The Hall–Kier alpha value is -0.120. The molecule has 0 radical (unpaired) electrons. The van der Waals surface area contributed by atoms with E-state index in [1.54, 1.807) is 0 Å². The first kappa shape index (κ1) is 16.4. The van der Waals surface area contributed by atoms with Gasteiger partial charge < -0.3 is 15.3 Å². The molecule has 0 heterocycles. The molecule has 4 aliphatic carbocycles. The molecule has 9 atom stereocenters. The number of rotatable bonds is 0. The van der Waals surface area contributed by atoms with Crippen LogP contribution in [0.4, 0.5) is 0 Å². The maximum Gasteiger partial charge on any atom is 0.0675 e. The van der Waals surface area contributed by atoms with Gasteiger partial charge in [-0.25, -0.2) is 0 Å². The van der Waals surface area contributed by atoms with Gasteiger partial charge in [0.25, 0.3) is 0 Å². The van der Waals surface area contributed by atoms with Gasteiger partial charge in [0.1, 0.15) is 0 Å². The van der Waals surface area contributed by atoms with E-state index in [4.69, 9.17) is 0 Å². The molecule has 0 saturated heterocycles. The Bertz CT molecular complexity index is 489. The van der Waals surface area contributed by atoms with E-state index in [2.05, 4.69) is 13.8 Å². The van der Waals surface area contributed by atoms with Crippen molar-refractivity contribution >= 4 is 0 Å². The molecule has 0 bridgehead atoms. The van der Waals surface area contributed by atoms with Gasteiger partial charge in [0, 0.05) is 0 Å². The van der Waals surface area contributed by atoms with Crippen LogP contribution in [0.5, 0.6) is 0 Å². The van der Waals surface area contributed by atoms with E-state index in [1.807, 2.05) is 6.92 Å². The van der Waals surface area contributed by atoms with Crippen LogP contribution in [0, 0.1) is 34.5 Å². The SMILES string of the molecule is CC12C(O)CC(O)CC1CCC1C2CCC2(C)C1CCC2(C)O. The fraction of sp³-hybridized carbons (Fsp3) is 1.00. The zero-order valence-electron chi connectivity index (χ0n) is 15.0. The van der Waals surface area contributed by atoms with E-state index >= 15 is 0 Å². The largest absolute Gasteiger partial charge is 0.393 e. The molecular weight excluding hydrogens is 288 g/mol. The summed E-state index contributed by atoms with van der Waals surface area (Å²) in [6.45, 7) is 6.67. The molecule has 4 fully saturated rings. The summed E-state index contributed by atoms with van der Waals surface area (Å²) in [5, 5.41) is 31.9. The van der Waals surface area contributed by atoms with Crippen molar-refractivity contribution in [3.8, 4) is 0 Å². The Morgan fingerprint density at radius 1 is 0.826 bits per heavy atom. The maximum absolute atomic E-state index is 10.9. The van der Waals surface area contributed by atoms with Crippen LogP contribution < -0.4 is 0 Å². The molecule has 3 N–H and O–H groups in total. The Morgan fingerprint density at radius 3 is 2.26 bits per heavy atom. The lowest BCUT2D eigenvalue weighted by Gasteiger charge is -2.62. The Kier molecular flexibility index (Phi) is 3.52. The summed E-state index contributed by atoms with van der Waals surface area (Å²) in [6.07, 6.45) is 7.39. The number of aliphatic hydroxyl groups is 3. The molecule has 23 heavy (non-hydrogen) atoms. The minimum Gasteiger partial charge on any atom is -0.393 e. The van der Waals surface area contributed by atoms with Gasteiger partial charge in [-0.1, -0.05) is 13.8 Å². The number of hydrogen-bond donors (Lipinski definition) is 3. The summed E-state index contributed by atoms with van der Waals surface area (Å²) < 4.78 is 0. The minimum atomic E-state index is -0.526. The molecule has 3 heteroatoms. The van der Waals surface area contributed by atoms with Gasteiger partial charge in [-0.15, -0.1) is 0 Å². The third kappa shape index (κ3) is 1.99. The van der Waals surface area contributed by atoms with Crippen molar-refractivity contribution < 1.29 is 15.3 Å². The Labute approximate surface area is 140 Å². The van der Waals surface area contributed by atoms with Crippen molar-refractivity contribution in [3.05, 3.63) is 0 Å². The monoisotopic (exact) mass is 322 g/mol. The van der Waals surface area contributed by atoms with Crippen LogP contribution in [0.2, 0.25) is 0 Å². The van der Waals surface area contributed by atoms with Crippen molar-refractivity contribution in [1.82, 2.24) is 0 Å². The number of hydrogen-bond acceptors (Lipinski definition) is 3. The summed E-state index contributed by atoms with van der Waals surface area (Å²) in [5.41, 5.74) is -0.504. The van der Waals surface area contributed by atoms with Crippen LogP contribution in [-0.4, -0.2) is 33.1 Å². The first-order valence-corrected chi connectivity index (χ1v) is 9.78. The number of fused-ring (bicyclic) bond motifs is 5. The van der Waals surface area contributed by atoms with Crippen LogP contribution >= 0.6 is 0 Å². The molecule has 4 saturated carbocycles. The molecule has 9 unspecified atom stereocenters. The molecule has 3 nitrogen and oxygen atoms in total. The summed E-state index contributed by atoms with van der Waals surface area (Å²) in [6, 6.07) is 0. The summed E-state index contributed by atoms with van der Waals surface area (Å²) in [4.78, 5) is 0. The first-order chi connectivity index (χ1) is 10.7. The first-order valence-electron chi connectivity index (χ1n) is 9.78. The van der Waals surface area contributed by atoms with E-state index in [1.165, 1.54) is 6.42 Å². The van der Waals surface area contributed by atoms with E-state index in [9.17, 15) is 15.3 Å². The van der Waals surface area contributed by atoms with Gasteiger partial charge in [0.05, 0.1) is 17.8 Å². The van der Waals surface area contributed by atoms with Gasteiger partial charge in [-0.05, 0) is 92.8 Å². The predicted molar refractivity (Wildman–Crippen MR) is 89.7 cm³/mol. The smallest absolute Gasteiger partial charge is 0.0675 e. The van der Waals surface area contributed by atoms with Crippen LogP contribution in [0.3, 0.4) is 0 Å². The van der Waals surface area contributed by atoms with Gasteiger partial charge in [-0.3, -0.25) is 0 Å². The Morgan fingerprint density at radius 2 is 1.52 bits per heavy atom. The average Bonchev–Trinajstić information content (AvgIpc) is 2.71. The molecule has 0 aromatic heterocycles. The van der Waals surface area contributed by atoms with Gasteiger partial charge in [0.15, 0.2) is 0 Å². The van der Waals surface area contributed by atoms with Crippen LogP contribution in [0.1, 0.15) is 72.1 Å². The second kappa shape index (κ2) is 4.95. The van der Waals surface area contributed by atoms with Crippen molar-refractivity contribution in [3.63, 3.8) is 0 Å². The molecule has 0 aromatic carbocycles. The van der Waals surface area contributed by atoms with E-state index in [-0.39, 0.29) is 23.0 Å². The standard InChI is InChI=1S/C20H34O3/c1-18-8-6-16-14(15(18)7-9-19(18,2)23)5-4-12-10-13(21)11-17(22)20(12,16)3/h12-17,21-23H,4-11H2,1-3H3. The van der Waals surface area contributed by atoms with Crippen molar-refractivity contribution in [2.45, 2.75) is 89.9 Å². The summed E-state index contributed by atoms with van der Waals surface area (Å²) in [7, 11) is 0. The molecule has 4 rings (SSSR count). The second-order valence-corrected chi connectivity index (χ2v) is 9.93. The highest BCUT2D eigenvalue weighted by Crippen LogP contribution is 2.68. The fourth-order valence-electron chi connectivity index (χ4n) is 7.54. The minimum absolute atomic E-state index is 0.0298. The second-order valence-electron chi connectivity index (χ2n) is 9.93. The fourth-order valence-corrected chi connectivity index (χ4v) is 7.54. The van der Waals surface area contributed by atoms with Crippen LogP contribution in [0.15, 0.2) is 0 Å². The Balaban J connectivity index is 1.67. The number of aliphatic hydroxyl groups excluding tert-OH is 2. The van der Waals surface area contributed by atoms with E-state index < -0.39 is 5.60 Å². The molecule has 0 amide bonds. The molecule has 0 aromatic rings. The van der Waals surface area contributed by atoms with Gasteiger partial charge >= 0.3 is 0 Å². The van der Waals surface area contributed by atoms with E-state index in [0.29, 0.717) is 30.1 Å². The van der Waals surface area contributed by atoms with Crippen molar-refractivity contribution in [1.29, 1.82) is 0 Å². The molecular formula is C20H34O3. The topological polar surface area (TPSA) is 60.7 Å². The van der Waals surface area contributed by atoms with Gasteiger partial charge in [0.2, 0.25) is 0 Å². The van der Waals surface area contributed by atoms with Crippen molar-refractivity contribution in [2.24, 2.45) is 34.5 Å².